The minimum Gasteiger partial charge on any atom is -0.454 e. The Morgan fingerprint density at radius 3 is 2.52 bits per heavy atom. The Balaban J connectivity index is 1.61. The first-order valence-corrected chi connectivity index (χ1v) is 10.4. The van der Waals surface area contributed by atoms with Gasteiger partial charge < -0.3 is 14.6 Å². The highest BCUT2D eigenvalue weighted by Gasteiger charge is 2.18. The van der Waals surface area contributed by atoms with Crippen LogP contribution in [0.2, 0.25) is 0 Å². The predicted octanol–water partition coefficient (Wildman–Crippen LogP) is 3.98. The van der Waals surface area contributed by atoms with E-state index in [1.165, 1.54) is 18.7 Å². The normalized spacial score (nSPS) is 10.5. The smallest absolute Gasteiger partial charge is 0.341 e. The Labute approximate surface area is 183 Å². The molecule has 0 bridgehead atoms. The lowest BCUT2D eigenvalue weighted by atomic mass is 10.1. The number of rotatable bonds is 8. The van der Waals surface area contributed by atoms with E-state index in [2.05, 4.69) is 15.5 Å². The minimum absolute atomic E-state index is 0.201. The molecule has 9 heteroatoms. The molecular formula is C22H21N3O5S. The van der Waals surface area contributed by atoms with Crippen molar-refractivity contribution >= 4 is 35.1 Å². The highest BCUT2D eigenvalue weighted by Crippen LogP contribution is 2.27. The van der Waals surface area contributed by atoms with Gasteiger partial charge >= 0.3 is 5.97 Å². The number of pyridine rings is 1. The molecule has 1 aromatic carbocycles. The van der Waals surface area contributed by atoms with Crippen LogP contribution < -0.4 is 5.32 Å². The molecular weight excluding hydrogens is 418 g/mol. The zero-order valence-corrected chi connectivity index (χ0v) is 18.1. The Hall–Kier alpha value is -3.46. The van der Waals surface area contributed by atoms with E-state index in [1.54, 1.807) is 42.6 Å². The third-order valence-corrected chi connectivity index (χ3v) is 5.42. The van der Waals surface area contributed by atoms with Crippen molar-refractivity contribution in [1.29, 1.82) is 0 Å². The molecule has 0 aliphatic carbocycles. The van der Waals surface area contributed by atoms with Crippen LogP contribution in [0.25, 0.3) is 0 Å². The molecule has 0 fully saturated rings. The van der Waals surface area contributed by atoms with Gasteiger partial charge in [-0.25, -0.2) is 9.78 Å². The number of thioether (sulfide) groups is 1. The van der Waals surface area contributed by atoms with Gasteiger partial charge in [0, 0.05) is 35.7 Å². The minimum atomic E-state index is -0.627. The molecule has 8 nitrogen and oxygen atoms in total. The molecule has 3 rings (SSSR count). The van der Waals surface area contributed by atoms with Crippen molar-refractivity contribution in [2.45, 2.75) is 31.6 Å². The summed E-state index contributed by atoms with van der Waals surface area (Å²) in [5.41, 5.74) is 2.98. The van der Waals surface area contributed by atoms with Gasteiger partial charge in [0.2, 0.25) is 5.91 Å². The maximum Gasteiger partial charge on any atom is 0.341 e. The quantitative estimate of drug-likeness (QED) is 0.319. The molecule has 0 saturated heterocycles. The molecule has 1 amide bonds. The highest BCUT2D eigenvalue weighted by molar-refractivity contribution is 7.98. The number of benzene rings is 1. The molecule has 2 heterocycles. The number of ketones is 1. The second kappa shape index (κ2) is 10.0. The zero-order valence-electron chi connectivity index (χ0n) is 17.3. The van der Waals surface area contributed by atoms with Gasteiger partial charge in [0.25, 0.3) is 0 Å². The topological polar surface area (TPSA) is 111 Å². The third-order valence-electron chi connectivity index (χ3n) is 4.39. The summed E-state index contributed by atoms with van der Waals surface area (Å²) in [7, 11) is 0. The average molecular weight is 439 g/mol. The van der Waals surface area contributed by atoms with Gasteiger partial charge in [-0.05, 0) is 50.2 Å². The molecule has 160 valence electrons. The number of aromatic nitrogens is 2. The number of ether oxygens (including phenoxy) is 1. The molecule has 3 aromatic rings. The van der Waals surface area contributed by atoms with Crippen molar-refractivity contribution in [3.63, 3.8) is 0 Å². The Morgan fingerprint density at radius 1 is 1.13 bits per heavy atom. The van der Waals surface area contributed by atoms with E-state index in [9.17, 15) is 14.4 Å². The molecule has 0 saturated carbocycles. The van der Waals surface area contributed by atoms with E-state index in [1.807, 2.05) is 13.8 Å². The van der Waals surface area contributed by atoms with Crippen LogP contribution in [0.5, 0.6) is 0 Å². The van der Waals surface area contributed by atoms with Crippen molar-refractivity contribution in [1.82, 2.24) is 10.1 Å². The van der Waals surface area contributed by atoms with Gasteiger partial charge in [0.1, 0.15) is 10.8 Å². The van der Waals surface area contributed by atoms with Crippen molar-refractivity contribution in [3.05, 3.63) is 70.7 Å². The maximum absolute atomic E-state index is 12.6. The number of aryl methyl sites for hydroxylation is 2. The van der Waals surface area contributed by atoms with Crippen molar-refractivity contribution in [2.75, 3.05) is 11.9 Å². The average Bonchev–Trinajstić information content (AvgIpc) is 3.08. The zero-order chi connectivity index (χ0) is 22.4. The Kier molecular flexibility index (Phi) is 7.19. The van der Waals surface area contributed by atoms with E-state index < -0.39 is 12.6 Å². The van der Waals surface area contributed by atoms with Crippen LogP contribution in [-0.2, 0) is 15.3 Å². The summed E-state index contributed by atoms with van der Waals surface area (Å²) in [5.74, 6) is 0.0831. The van der Waals surface area contributed by atoms with E-state index in [4.69, 9.17) is 9.26 Å². The summed E-state index contributed by atoms with van der Waals surface area (Å²) >= 11 is 1.37. The number of Topliss-reactive ketones (excluding diaryl/α,β-unsaturated/α-hetero) is 1. The molecule has 0 spiro atoms. The van der Waals surface area contributed by atoms with Crippen LogP contribution in [0, 0.1) is 13.8 Å². The molecule has 0 radical (unpaired) electrons. The second-order valence-corrected chi connectivity index (χ2v) is 7.67. The van der Waals surface area contributed by atoms with Gasteiger partial charge in [-0.15, -0.1) is 11.8 Å². The molecule has 0 atom stereocenters. The first-order valence-electron chi connectivity index (χ1n) is 9.42. The molecule has 1 N–H and O–H groups in total. The fourth-order valence-corrected chi connectivity index (χ4v) is 3.88. The van der Waals surface area contributed by atoms with Crippen molar-refractivity contribution < 1.29 is 23.6 Å². The molecule has 0 aliphatic heterocycles. The van der Waals surface area contributed by atoms with Crippen LogP contribution in [0.1, 0.15) is 44.7 Å². The number of amides is 1. The summed E-state index contributed by atoms with van der Waals surface area (Å²) in [5, 5.41) is 7.05. The maximum atomic E-state index is 12.6. The summed E-state index contributed by atoms with van der Waals surface area (Å²) in [6.45, 7) is 4.69. The fourth-order valence-electron chi connectivity index (χ4n) is 2.74. The summed E-state index contributed by atoms with van der Waals surface area (Å²) in [6.07, 6.45) is 1.59. The molecule has 31 heavy (non-hydrogen) atoms. The van der Waals surface area contributed by atoms with Gasteiger partial charge in [0.15, 0.2) is 12.4 Å². The number of hydrogen-bond acceptors (Lipinski definition) is 8. The van der Waals surface area contributed by atoms with Crippen LogP contribution in [0.3, 0.4) is 0 Å². The number of nitrogens with one attached hydrogen (secondary N) is 1. The van der Waals surface area contributed by atoms with Crippen LogP contribution in [0.15, 0.2) is 52.1 Å². The lowest BCUT2D eigenvalue weighted by molar-refractivity contribution is -0.114. The predicted molar refractivity (Wildman–Crippen MR) is 115 cm³/mol. The first kappa shape index (κ1) is 22.2. The second-order valence-electron chi connectivity index (χ2n) is 6.71. The Morgan fingerprint density at radius 2 is 1.87 bits per heavy atom. The van der Waals surface area contributed by atoms with E-state index in [-0.39, 0.29) is 17.3 Å². The van der Waals surface area contributed by atoms with Gasteiger partial charge in [-0.1, -0.05) is 5.16 Å². The number of carbonyl (C=O) groups excluding carboxylic acids is 3. The number of carbonyl (C=O) groups is 3. The number of anilines is 1. The van der Waals surface area contributed by atoms with E-state index in [0.29, 0.717) is 22.0 Å². The Bertz CT molecular complexity index is 1090. The fraction of sp³-hybridized carbons (Fsp3) is 0.227. The lowest BCUT2D eigenvalue weighted by Gasteiger charge is -2.09. The number of esters is 1. The van der Waals surface area contributed by atoms with Crippen LogP contribution in [-0.4, -0.2) is 34.4 Å². The largest absolute Gasteiger partial charge is 0.454 e. The standard InChI is InChI=1S/C22H21N3O5S/c1-13-19(14(2)30-25-13)12-31-21-18(5-4-10-23-21)22(28)29-11-20(27)16-6-8-17(9-7-16)24-15(3)26/h4-10H,11-12H2,1-3H3,(H,24,26). The highest BCUT2D eigenvalue weighted by atomic mass is 32.2. The first-order chi connectivity index (χ1) is 14.8. The van der Waals surface area contributed by atoms with E-state index in [0.717, 1.165) is 17.0 Å². The van der Waals surface area contributed by atoms with E-state index >= 15 is 0 Å². The summed E-state index contributed by atoms with van der Waals surface area (Å²) in [6, 6.07) is 9.60. The SMILES string of the molecule is CC(=O)Nc1ccc(C(=O)COC(=O)c2cccnc2SCc2c(C)noc2C)cc1. The van der Waals surface area contributed by atoms with Crippen LogP contribution in [0.4, 0.5) is 5.69 Å². The molecule has 0 unspecified atom stereocenters. The van der Waals surface area contributed by atoms with Crippen molar-refractivity contribution in [3.8, 4) is 0 Å². The number of hydrogen-bond donors (Lipinski definition) is 1. The number of nitrogens with zero attached hydrogens (tertiary/aromatic N) is 2. The van der Waals surface area contributed by atoms with Gasteiger partial charge in [0.05, 0.1) is 11.3 Å². The summed E-state index contributed by atoms with van der Waals surface area (Å²) in [4.78, 5) is 40.3. The van der Waals surface area contributed by atoms with Crippen molar-refractivity contribution in [2.24, 2.45) is 0 Å². The molecule has 0 aliphatic rings. The third kappa shape index (κ3) is 5.79. The molecule has 2 aromatic heterocycles. The monoisotopic (exact) mass is 439 g/mol. The lowest BCUT2D eigenvalue weighted by Crippen LogP contribution is -2.15. The summed E-state index contributed by atoms with van der Waals surface area (Å²) < 4.78 is 10.4. The van der Waals surface area contributed by atoms with Gasteiger partial charge in [-0.2, -0.15) is 0 Å². The van der Waals surface area contributed by atoms with Gasteiger partial charge in [-0.3, -0.25) is 9.59 Å². The van der Waals surface area contributed by atoms with Crippen LogP contribution >= 0.6 is 11.8 Å².